The smallest absolute Gasteiger partial charge is 0.242 e. The molecule has 0 atom stereocenters. The number of sulfonamides is 1. The largest absolute Gasteiger partial charge is 0.331 e. The lowest BCUT2D eigenvalue weighted by atomic mass is 10.3. The molecular weight excluding hydrogens is 332 g/mol. The lowest BCUT2D eigenvalue weighted by molar-refractivity contribution is 0.521. The van der Waals surface area contributed by atoms with Crippen LogP contribution in [0.15, 0.2) is 59.5 Å². The highest BCUT2D eigenvalue weighted by Crippen LogP contribution is 2.17. The van der Waals surface area contributed by atoms with E-state index >= 15 is 0 Å². The van der Waals surface area contributed by atoms with Gasteiger partial charge in [0.1, 0.15) is 0 Å². The normalized spacial score (nSPS) is 11.1. The van der Waals surface area contributed by atoms with Crippen LogP contribution < -0.4 is 16.2 Å². The van der Waals surface area contributed by atoms with Gasteiger partial charge in [0.25, 0.3) is 0 Å². The summed E-state index contributed by atoms with van der Waals surface area (Å²) in [5, 5.41) is 3.27. The van der Waals surface area contributed by atoms with E-state index in [1.165, 1.54) is 24.5 Å². The summed E-state index contributed by atoms with van der Waals surface area (Å²) in [6, 6.07) is 16.0. The van der Waals surface area contributed by atoms with Crippen LogP contribution in [-0.2, 0) is 10.0 Å². The first-order chi connectivity index (χ1) is 10.9. The van der Waals surface area contributed by atoms with Gasteiger partial charge in [-0.25, -0.2) is 12.7 Å². The average molecular weight is 350 g/mol. The van der Waals surface area contributed by atoms with E-state index in [1.807, 2.05) is 30.3 Å². The molecule has 8 heteroatoms. The fourth-order valence-electron chi connectivity index (χ4n) is 1.76. The Balaban J connectivity index is 2.02. The molecule has 0 amide bonds. The highest BCUT2D eigenvalue weighted by atomic mass is 32.2. The van der Waals surface area contributed by atoms with Crippen LogP contribution >= 0.6 is 12.2 Å². The summed E-state index contributed by atoms with van der Waals surface area (Å²) in [5.41, 5.74) is 7.23. The van der Waals surface area contributed by atoms with Crippen molar-refractivity contribution in [2.75, 3.05) is 24.8 Å². The van der Waals surface area contributed by atoms with Crippen molar-refractivity contribution in [2.45, 2.75) is 4.90 Å². The third-order valence-electron chi connectivity index (χ3n) is 2.96. The summed E-state index contributed by atoms with van der Waals surface area (Å²) in [6.45, 7) is 0. The predicted molar refractivity (Wildman–Crippen MR) is 96.7 cm³/mol. The van der Waals surface area contributed by atoms with Gasteiger partial charge in [-0.3, -0.25) is 10.9 Å². The van der Waals surface area contributed by atoms with Crippen LogP contribution in [0.4, 0.5) is 11.4 Å². The van der Waals surface area contributed by atoms with Crippen molar-refractivity contribution in [2.24, 2.45) is 0 Å². The van der Waals surface area contributed by atoms with E-state index in [0.717, 1.165) is 5.69 Å². The number of anilines is 2. The molecule has 2 aromatic rings. The zero-order chi connectivity index (χ0) is 16.9. The summed E-state index contributed by atoms with van der Waals surface area (Å²) in [6.07, 6.45) is 0. The molecule has 2 aromatic carbocycles. The molecule has 3 N–H and O–H groups in total. The van der Waals surface area contributed by atoms with Gasteiger partial charge < -0.3 is 5.32 Å². The number of hydrazine groups is 1. The topological polar surface area (TPSA) is 73.5 Å². The maximum Gasteiger partial charge on any atom is 0.242 e. The Morgan fingerprint density at radius 3 is 2.30 bits per heavy atom. The molecule has 0 spiro atoms. The molecule has 0 fully saturated rings. The lowest BCUT2D eigenvalue weighted by Crippen LogP contribution is -2.33. The van der Waals surface area contributed by atoms with Crippen molar-refractivity contribution in [1.82, 2.24) is 9.73 Å². The molecule has 2 rings (SSSR count). The number of rotatable bonds is 5. The van der Waals surface area contributed by atoms with Crippen LogP contribution in [0.5, 0.6) is 0 Å². The monoisotopic (exact) mass is 350 g/mol. The Kier molecular flexibility index (Phi) is 5.54. The van der Waals surface area contributed by atoms with E-state index in [9.17, 15) is 8.42 Å². The maximum absolute atomic E-state index is 12.1. The molecule has 6 nitrogen and oxygen atoms in total. The number of benzene rings is 2. The van der Waals surface area contributed by atoms with Gasteiger partial charge in [0.05, 0.1) is 10.6 Å². The molecule has 0 bridgehead atoms. The van der Waals surface area contributed by atoms with Gasteiger partial charge in [-0.15, -0.1) is 0 Å². The van der Waals surface area contributed by atoms with E-state index in [0.29, 0.717) is 10.8 Å². The molecule has 0 saturated heterocycles. The summed E-state index contributed by atoms with van der Waals surface area (Å²) in [7, 11) is -0.493. The molecule has 0 saturated carbocycles. The van der Waals surface area contributed by atoms with E-state index < -0.39 is 10.0 Å². The zero-order valence-corrected chi connectivity index (χ0v) is 14.4. The van der Waals surface area contributed by atoms with Crippen LogP contribution in [0.2, 0.25) is 0 Å². The summed E-state index contributed by atoms with van der Waals surface area (Å²) in [4.78, 5) is 0.200. The number of hydrogen-bond donors (Lipinski definition) is 3. The van der Waals surface area contributed by atoms with Gasteiger partial charge in [-0.1, -0.05) is 24.3 Å². The van der Waals surface area contributed by atoms with Gasteiger partial charge in [0.15, 0.2) is 5.11 Å². The van der Waals surface area contributed by atoms with E-state index in [2.05, 4.69) is 16.2 Å². The second-order valence-corrected chi connectivity index (χ2v) is 7.45. The van der Waals surface area contributed by atoms with Crippen LogP contribution in [0.25, 0.3) is 0 Å². The number of hydrogen-bond acceptors (Lipinski definition) is 4. The van der Waals surface area contributed by atoms with Crippen molar-refractivity contribution in [3.8, 4) is 0 Å². The first-order valence-electron chi connectivity index (χ1n) is 6.80. The number of nitrogens with zero attached hydrogens (tertiary/aromatic N) is 1. The van der Waals surface area contributed by atoms with Crippen LogP contribution in [-0.4, -0.2) is 31.9 Å². The SMILES string of the molecule is CN(C)S(=O)(=O)c1cccc(NC(=S)NNc2ccccc2)c1. The van der Waals surface area contributed by atoms with Gasteiger partial charge >= 0.3 is 0 Å². The Morgan fingerprint density at radius 2 is 1.65 bits per heavy atom. The van der Waals surface area contributed by atoms with Crippen molar-refractivity contribution >= 4 is 38.7 Å². The third-order valence-corrected chi connectivity index (χ3v) is 4.98. The predicted octanol–water partition coefficient (Wildman–Crippen LogP) is 2.25. The van der Waals surface area contributed by atoms with Gasteiger partial charge in [0, 0.05) is 19.8 Å². The second-order valence-electron chi connectivity index (χ2n) is 4.89. The number of thiocarbonyl (C=S) groups is 1. The summed E-state index contributed by atoms with van der Waals surface area (Å²) in [5.74, 6) is 0. The molecule has 0 aliphatic heterocycles. The fourth-order valence-corrected chi connectivity index (χ4v) is 2.87. The molecular formula is C15H18N4O2S2. The fraction of sp³-hybridized carbons (Fsp3) is 0.133. The van der Waals surface area contributed by atoms with Gasteiger partial charge in [0.2, 0.25) is 10.0 Å². The first kappa shape index (κ1) is 17.2. The van der Waals surface area contributed by atoms with Gasteiger partial charge in [-0.05, 0) is 42.5 Å². The molecule has 0 radical (unpaired) electrons. The van der Waals surface area contributed by atoms with E-state index in [1.54, 1.807) is 18.2 Å². The van der Waals surface area contributed by atoms with Crippen molar-refractivity contribution in [3.05, 3.63) is 54.6 Å². The van der Waals surface area contributed by atoms with Crippen molar-refractivity contribution in [1.29, 1.82) is 0 Å². The molecule has 0 aromatic heterocycles. The average Bonchev–Trinajstić information content (AvgIpc) is 2.54. The quantitative estimate of drug-likeness (QED) is 0.567. The summed E-state index contributed by atoms with van der Waals surface area (Å²) >= 11 is 5.18. The number of nitrogens with one attached hydrogen (secondary N) is 3. The van der Waals surface area contributed by atoms with E-state index in [4.69, 9.17) is 12.2 Å². The standard InChI is InChI=1S/C15H18N4O2S2/c1-19(2)23(20,21)14-10-6-9-13(11-14)16-15(22)18-17-12-7-4-3-5-8-12/h3-11,17H,1-2H3,(H2,16,18,22). The van der Waals surface area contributed by atoms with Crippen LogP contribution in [0.3, 0.4) is 0 Å². The Labute approximate surface area is 141 Å². The summed E-state index contributed by atoms with van der Waals surface area (Å²) < 4.78 is 25.4. The third kappa shape index (κ3) is 4.65. The zero-order valence-electron chi connectivity index (χ0n) is 12.8. The molecule has 23 heavy (non-hydrogen) atoms. The molecule has 0 heterocycles. The van der Waals surface area contributed by atoms with Crippen LogP contribution in [0.1, 0.15) is 0 Å². The molecule has 122 valence electrons. The van der Waals surface area contributed by atoms with Crippen molar-refractivity contribution in [3.63, 3.8) is 0 Å². The molecule has 0 aliphatic carbocycles. The Hall–Kier alpha value is -2.16. The minimum Gasteiger partial charge on any atom is -0.331 e. The minimum atomic E-state index is -3.48. The maximum atomic E-state index is 12.1. The molecule has 0 aliphatic rings. The van der Waals surface area contributed by atoms with E-state index in [-0.39, 0.29) is 4.90 Å². The second kappa shape index (κ2) is 7.40. The minimum absolute atomic E-state index is 0.200. The Morgan fingerprint density at radius 1 is 1.00 bits per heavy atom. The number of para-hydroxylation sites is 1. The Bertz CT molecular complexity index is 777. The first-order valence-corrected chi connectivity index (χ1v) is 8.65. The van der Waals surface area contributed by atoms with Gasteiger partial charge in [-0.2, -0.15) is 0 Å². The highest BCUT2D eigenvalue weighted by molar-refractivity contribution is 7.89. The van der Waals surface area contributed by atoms with Crippen LogP contribution in [0, 0.1) is 0 Å². The lowest BCUT2D eigenvalue weighted by Gasteiger charge is -2.14. The molecule has 0 unspecified atom stereocenters. The highest BCUT2D eigenvalue weighted by Gasteiger charge is 2.17. The van der Waals surface area contributed by atoms with Crippen molar-refractivity contribution < 1.29 is 8.42 Å².